The van der Waals surface area contributed by atoms with Crippen LogP contribution in [0.1, 0.15) is 25.3 Å². The number of rotatable bonds is 10. The highest BCUT2D eigenvalue weighted by atomic mass is 16.5. The summed E-state index contributed by atoms with van der Waals surface area (Å²) in [7, 11) is 3.22. The maximum absolute atomic E-state index is 12.7. The maximum atomic E-state index is 12.7. The van der Waals surface area contributed by atoms with Crippen molar-refractivity contribution in [2.75, 3.05) is 27.4 Å². The minimum absolute atomic E-state index is 0.0139. The van der Waals surface area contributed by atoms with Crippen molar-refractivity contribution in [1.82, 2.24) is 4.90 Å². The first kappa shape index (κ1) is 19.6. The van der Waals surface area contributed by atoms with Gasteiger partial charge in [-0.2, -0.15) is 0 Å². The Balaban J connectivity index is 2.10. The normalized spacial score (nSPS) is 10.3. The topological polar surface area (TPSA) is 48.0 Å². The second kappa shape index (κ2) is 10.3. The second-order valence-electron chi connectivity index (χ2n) is 5.92. The van der Waals surface area contributed by atoms with Crippen LogP contribution in [-0.4, -0.2) is 38.2 Å². The van der Waals surface area contributed by atoms with Crippen molar-refractivity contribution in [1.29, 1.82) is 0 Å². The first-order valence-corrected chi connectivity index (χ1v) is 8.85. The first-order valence-electron chi connectivity index (χ1n) is 8.85. The van der Waals surface area contributed by atoms with Gasteiger partial charge in [0.05, 0.1) is 14.2 Å². The summed E-state index contributed by atoms with van der Waals surface area (Å²) < 4.78 is 16.5. The van der Waals surface area contributed by atoms with Gasteiger partial charge in [0.1, 0.15) is 5.75 Å². The van der Waals surface area contributed by atoms with Gasteiger partial charge in [0.2, 0.25) is 0 Å². The molecule has 2 aromatic rings. The minimum Gasteiger partial charge on any atom is -0.493 e. The van der Waals surface area contributed by atoms with E-state index in [2.05, 4.69) is 6.92 Å². The Morgan fingerprint density at radius 1 is 1.00 bits per heavy atom. The van der Waals surface area contributed by atoms with Crippen molar-refractivity contribution >= 4 is 5.91 Å². The van der Waals surface area contributed by atoms with Gasteiger partial charge < -0.3 is 19.1 Å². The fraction of sp³-hybridized carbons (Fsp3) is 0.381. The number of benzene rings is 2. The molecule has 0 spiro atoms. The number of ether oxygens (including phenoxy) is 3. The van der Waals surface area contributed by atoms with Crippen LogP contribution < -0.4 is 14.2 Å². The molecule has 0 bridgehead atoms. The zero-order valence-electron chi connectivity index (χ0n) is 15.7. The average molecular weight is 357 g/mol. The SMILES string of the molecule is CCCCN(Cc1cccc(OC)c1OC)C(=O)COc1ccccc1. The zero-order chi connectivity index (χ0) is 18.8. The molecule has 26 heavy (non-hydrogen) atoms. The van der Waals surface area contributed by atoms with E-state index in [9.17, 15) is 4.79 Å². The standard InChI is InChI=1S/C21H27NO4/c1-4-5-14-22(20(23)16-26-18-11-7-6-8-12-18)15-17-10-9-13-19(24-2)21(17)25-3/h6-13H,4-5,14-16H2,1-3H3. The third kappa shape index (κ3) is 5.41. The molecule has 0 aliphatic rings. The Hall–Kier alpha value is -2.69. The Morgan fingerprint density at radius 2 is 1.77 bits per heavy atom. The molecule has 0 aromatic heterocycles. The third-order valence-electron chi connectivity index (χ3n) is 4.09. The van der Waals surface area contributed by atoms with Crippen LogP contribution in [0.2, 0.25) is 0 Å². The zero-order valence-corrected chi connectivity index (χ0v) is 15.7. The van der Waals surface area contributed by atoms with Crippen LogP contribution >= 0.6 is 0 Å². The number of hydrogen-bond donors (Lipinski definition) is 0. The average Bonchev–Trinajstić information content (AvgIpc) is 2.69. The number of nitrogens with zero attached hydrogens (tertiary/aromatic N) is 1. The predicted octanol–water partition coefficient (Wildman–Crippen LogP) is 3.91. The van der Waals surface area contributed by atoms with E-state index in [0.29, 0.717) is 30.3 Å². The minimum atomic E-state index is -0.0489. The molecule has 0 N–H and O–H groups in total. The van der Waals surface area contributed by atoms with Gasteiger partial charge in [0, 0.05) is 18.7 Å². The van der Waals surface area contributed by atoms with Gasteiger partial charge in [-0.05, 0) is 24.6 Å². The van der Waals surface area contributed by atoms with Crippen molar-refractivity contribution < 1.29 is 19.0 Å². The molecule has 5 heteroatoms. The molecule has 0 atom stereocenters. The molecule has 0 saturated carbocycles. The lowest BCUT2D eigenvalue weighted by atomic mass is 10.1. The molecule has 0 fully saturated rings. The van der Waals surface area contributed by atoms with E-state index in [1.54, 1.807) is 14.2 Å². The molecule has 0 radical (unpaired) electrons. The van der Waals surface area contributed by atoms with Gasteiger partial charge in [0.25, 0.3) is 5.91 Å². The second-order valence-corrected chi connectivity index (χ2v) is 5.92. The number of hydrogen-bond acceptors (Lipinski definition) is 4. The van der Waals surface area contributed by atoms with Crippen molar-refractivity contribution in [3.63, 3.8) is 0 Å². The van der Waals surface area contributed by atoms with Gasteiger partial charge in [-0.3, -0.25) is 4.79 Å². The monoisotopic (exact) mass is 357 g/mol. The van der Waals surface area contributed by atoms with Crippen LogP contribution in [0, 0.1) is 0 Å². The number of carbonyl (C=O) groups is 1. The van der Waals surface area contributed by atoms with Crippen LogP contribution in [0.4, 0.5) is 0 Å². The first-order chi connectivity index (χ1) is 12.7. The summed E-state index contributed by atoms with van der Waals surface area (Å²) in [5.41, 5.74) is 0.913. The van der Waals surface area contributed by atoms with Crippen molar-refractivity contribution in [3.05, 3.63) is 54.1 Å². The molecule has 140 valence electrons. The van der Waals surface area contributed by atoms with Gasteiger partial charge in [-0.1, -0.05) is 43.7 Å². The summed E-state index contributed by atoms with van der Waals surface area (Å²) in [4.78, 5) is 14.5. The van der Waals surface area contributed by atoms with Gasteiger partial charge >= 0.3 is 0 Å². The highest BCUT2D eigenvalue weighted by molar-refractivity contribution is 5.78. The number of methoxy groups -OCH3 is 2. The quantitative estimate of drug-likeness (QED) is 0.647. The van der Waals surface area contributed by atoms with Crippen molar-refractivity contribution in [2.45, 2.75) is 26.3 Å². The molecule has 0 saturated heterocycles. The molecule has 2 aromatic carbocycles. The smallest absolute Gasteiger partial charge is 0.260 e. The molecule has 5 nitrogen and oxygen atoms in total. The summed E-state index contributed by atoms with van der Waals surface area (Å²) >= 11 is 0. The molecule has 1 amide bonds. The molecule has 0 heterocycles. The van der Waals surface area contributed by atoms with Crippen LogP contribution in [0.5, 0.6) is 17.2 Å². The maximum Gasteiger partial charge on any atom is 0.260 e. The summed E-state index contributed by atoms with van der Waals surface area (Å²) in [6, 6.07) is 15.1. The molecular weight excluding hydrogens is 330 g/mol. The van der Waals surface area contributed by atoms with Crippen molar-refractivity contribution in [2.24, 2.45) is 0 Å². The van der Waals surface area contributed by atoms with Gasteiger partial charge in [0.15, 0.2) is 18.1 Å². The number of unbranched alkanes of at least 4 members (excludes halogenated alkanes) is 1. The summed E-state index contributed by atoms with van der Waals surface area (Å²) in [6.07, 6.45) is 1.95. The fourth-order valence-electron chi connectivity index (χ4n) is 2.68. The van der Waals surface area contributed by atoms with Gasteiger partial charge in [-0.25, -0.2) is 0 Å². The summed E-state index contributed by atoms with van der Waals surface area (Å²) in [5, 5.41) is 0. The van der Waals surface area contributed by atoms with E-state index in [1.165, 1.54) is 0 Å². The predicted molar refractivity (Wildman–Crippen MR) is 102 cm³/mol. The molecule has 2 rings (SSSR count). The lowest BCUT2D eigenvalue weighted by Crippen LogP contribution is -2.35. The highest BCUT2D eigenvalue weighted by Crippen LogP contribution is 2.31. The van der Waals surface area contributed by atoms with E-state index in [-0.39, 0.29) is 12.5 Å². The van der Waals surface area contributed by atoms with Crippen LogP contribution in [0.25, 0.3) is 0 Å². The van der Waals surface area contributed by atoms with Crippen LogP contribution in [0.3, 0.4) is 0 Å². The third-order valence-corrected chi connectivity index (χ3v) is 4.09. The summed E-state index contributed by atoms with van der Waals surface area (Å²) in [5.74, 6) is 1.96. The Bertz CT molecular complexity index is 688. The number of carbonyl (C=O) groups excluding carboxylic acids is 1. The fourth-order valence-corrected chi connectivity index (χ4v) is 2.68. The molecule has 0 aliphatic carbocycles. The van der Waals surface area contributed by atoms with E-state index in [1.807, 2.05) is 53.4 Å². The molecular formula is C21H27NO4. The van der Waals surface area contributed by atoms with E-state index in [4.69, 9.17) is 14.2 Å². The number of para-hydroxylation sites is 2. The van der Waals surface area contributed by atoms with Crippen molar-refractivity contribution in [3.8, 4) is 17.2 Å². The lowest BCUT2D eigenvalue weighted by Gasteiger charge is -2.24. The Labute approximate surface area is 155 Å². The van der Waals surface area contributed by atoms with Crippen LogP contribution in [0.15, 0.2) is 48.5 Å². The highest BCUT2D eigenvalue weighted by Gasteiger charge is 2.18. The van der Waals surface area contributed by atoms with E-state index < -0.39 is 0 Å². The molecule has 0 aliphatic heterocycles. The lowest BCUT2D eigenvalue weighted by molar-refractivity contribution is -0.134. The largest absolute Gasteiger partial charge is 0.493 e. The van der Waals surface area contributed by atoms with E-state index in [0.717, 1.165) is 18.4 Å². The molecule has 0 unspecified atom stereocenters. The Kier molecular flexibility index (Phi) is 7.80. The number of amides is 1. The summed E-state index contributed by atoms with van der Waals surface area (Å²) in [6.45, 7) is 3.25. The van der Waals surface area contributed by atoms with Crippen LogP contribution in [-0.2, 0) is 11.3 Å². The van der Waals surface area contributed by atoms with Gasteiger partial charge in [-0.15, -0.1) is 0 Å². The van der Waals surface area contributed by atoms with E-state index >= 15 is 0 Å². The Morgan fingerprint density at radius 3 is 2.42 bits per heavy atom.